The first-order valence-corrected chi connectivity index (χ1v) is 6.33. The summed E-state index contributed by atoms with van der Waals surface area (Å²) in [4.78, 5) is 15.8. The van der Waals surface area contributed by atoms with Crippen molar-refractivity contribution in [2.24, 2.45) is 0 Å². The summed E-state index contributed by atoms with van der Waals surface area (Å²) in [5.41, 5.74) is 5.93. The van der Waals surface area contributed by atoms with Crippen LogP contribution in [0.1, 0.15) is 6.92 Å². The maximum absolute atomic E-state index is 12.7. The van der Waals surface area contributed by atoms with Crippen molar-refractivity contribution in [2.75, 3.05) is 11.1 Å². The molecular weight excluding hydrogens is 269 g/mol. The number of H-pyrrole nitrogens is 1. The van der Waals surface area contributed by atoms with Crippen molar-refractivity contribution < 1.29 is 9.18 Å². The molecule has 19 heavy (non-hydrogen) atoms. The standard InChI is InChI=1S/C11H12FN5OS/c1-6(19-11-15-10(13)16-17-11)9(18)14-8-4-2-7(12)3-5-8/h2-6H,1H3,(H,14,18)(H3,13,15,16,17)/t6-/m1/s1. The lowest BCUT2D eigenvalue weighted by Gasteiger charge is -2.09. The molecule has 6 nitrogen and oxygen atoms in total. The van der Waals surface area contributed by atoms with Gasteiger partial charge in [0.25, 0.3) is 0 Å². The molecule has 0 aliphatic carbocycles. The molecule has 8 heteroatoms. The molecule has 2 aromatic rings. The van der Waals surface area contributed by atoms with Crippen LogP contribution in [0.2, 0.25) is 0 Å². The van der Waals surface area contributed by atoms with Gasteiger partial charge in [-0.2, -0.15) is 4.98 Å². The second kappa shape index (κ2) is 5.70. The summed E-state index contributed by atoms with van der Waals surface area (Å²) in [6, 6.07) is 5.55. The van der Waals surface area contributed by atoms with E-state index < -0.39 is 5.25 Å². The minimum atomic E-state index is -0.403. The van der Waals surface area contributed by atoms with Gasteiger partial charge in [0, 0.05) is 5.69 Å². The van der Waals surface area contributed by atoms with Crippen LogP contribution in [0.4, 0.5) is 16.0 Å². The number of nitrogen functional groups attached to an aromatic ring is 1. The number of nitrogens with two attached hydrogens (primary N) is 1. The summed E-state index contributed by atoms with van der Waals surface area (Å²) in [5, 5.41) is 8.99. The molecule has 0 bridgehead atoms. The number of nitrogens with zero attached hydrogens (tertiary/aromatic N) is 2. The molecule has 0 unspecified atom stereocenters. The minimum absolute atomic E-state index is 0.202. The zero-order chi connectivity index (χ0) is 13.8. The van der Waals surface area contributed by atoms with Crippen LogP contribution in [0.3, 0.4) is 0 Å². The lowest BCUT2D eigenvalue weighted by Crippen LogP contribution is -2.22. The Labute approximate surface area is 113 Å². The lowest BCUT2D eigenvalue weighted by atomic mass is 10.3. The van der Waals surface area contributed by atoms with Crippen molar-refractivity contribution in [3.05, 3.63) is 30.1 Å². The van der Waals surface area contributed by atoms with Crippen LogP contribution in [0, 0.1) is 5.82 Å². The Balaban J connectivity index is 1.94. The van der Waals surface area contributed by atoms with Gasteiger partial charge in [0.1, 0.15) is 5.82 Å². The van der Waals surface area contributed by atoms with Crippen LogP contribution in [0.5, 0.6) is 0 Å². The van der Waals surface area contributed by atoms with Crippen molar-refractivity contribution >= 4 is 29.3 Å². The molecule has 1 atom stereocenters. The molecule has 1 heterocycles. The fraction of sp³-hybridized carbons (Fsp3) is 0.182. The molecule has 100 valence electrons. The molecule has 0 fully saturated rings. The molecule has 1 aromatic carbocycles. The second-order valence-corrected chi connectivity index (χ2v) is 5.07. The first-order chi connectivity index (χ1) is 9.04. The molecule has 4 N–H and O–H groups in total. The van der Waals surface area contributed by atoms with Gasteiger partial charge in [-0.3, -0.25) is 4.79 Å². The van der Waals surface area contributed by atoms with Crippen molar-refractivity contribution in [1.29, 1.82) is 0 Å². The number of hydrogen-bond donors (Lipinski definition) is 3. The average Bonchev–Trinajstić information content (AvgIpc) is 2.77. The number of carbonyl (C=O) groups excluding carboxylic acids is 1. The van der Waals surface area contributed by atoms with Gasteiger partial charge in [-0.15, -0.1) is 5.10 Å². The highest BCUT2D eigenvalue weighted by Crippen LogP contribution is 2.20. The normalized spacial score (nSPS) is 12.1. The number of aromatic nitrogens is 3. The van der Waals surface area contributed by atoms with Crippen molar-refractivity contribution in [3.63, 3.8) is 0 Å². The molecule has 1 amide bonds. The van der Waals surface area contributed by atoms with Gasteiger partial charge in [0.05, 0.1) is 5.25 Å². The number of aromatic amines is 1. The highest BCUT2D eigenvalue weighted by molar-refractivity contribution is 8.00. The Bertz CT molecular complexity index is 571. The number of thioether (sulfide) groups is 1. The number of amides is 1. The Hall–Kier alpha value is -2.09. The van der Waals surface area contributed by atoms with Crippen LogP contribution >= 0.6 is 11.8 Å². The van der Waals surface area contributed by atoms with Crippen LogP contribution in [0.25, 0.3) is 0 Å². The van der Waals surface area contributed by atoms with Crippen molar-refractivity contribution in [2.45, 2.75) is 17.3 Å². The third-order valence-corrected chi connectivity index (χ3v) is 3.21. The number of anilines is 2. The predicted molar refractivity (Wildman–Crippen MR) is 71.1 cm³/mol. The summed E-state index contributed by atoms with van der Waals surface area (Å²) in [5.74, 6) is -0.370. The van der Waals surface area contributed by atoms with Gasteiger partial charge in [-0.1, -0.05) is 11.8 Å². The number of halogens is 1. The number of hydrogen-bond acceptors (Lipinski definition) is 5. The van der Waals surface area contributed by atoms with E-state index in [1.165, 1.54) is 36.0 Å². The van der Waals surface area contributed by atoms with Crippen LogP contribution in [-0.4, -0.2) is 26.3 Å². The maximum Gasteiger partial charge on any atom is 0.237 e. The van der Waals surface area contributed by atoms with E-state index >= 15 is 0 Å². The number of carbonyl (C=O) groups is 1. The van der Waals surface area contributed by atoms with Gasteiger partial charge in [-0.25, -0.2) is 9.49 Å². The number of nitrogens with one attached hydrogen (secondary N) is 2. The molecule has 2 rings (SSSR count). The fourth-order valence-electron chi connectivity index (χ4n) is 1.30. The molecule has 1 aromatic heterocycles. The van der Waals surface area contributed by atoms with Gasteiger partial charge >= 0.3 is 0 Å². The molecule has 0 aliphatic heterocycles. The molecular formula is C11H12FN5OS. The summed E-state index contributed by atoms with van der Waals surface area (Å²) >= 11 is 1.18. The van der Waals surface area contributed by atoms with E-state index in [1.54, 1.807) is 6.92 Å². The average molecular weight is 281 g/mol. The Kier molecular flexibility index (Phi) is 4.00. The highest BCUT2D eigenvalue weighted by atomic mass is 32.2. The van der Waals surface area contributed by atoms with Crippen molar-refractivity contribution in [1.82, 2.24) is 15.2 Å². The first-order valence-electron chi connectivity index (χ1n) is 5.45. The SMILES string of the molecule is C[C@@H](Sc1n[nH]c(N)n1)C(=O)Nc1ccc(F)cc1. The molecule has 0 radical (unpaired) electrons. The summed E-state index contributed by atoms with van der Waals surface area (Å²) < 4.78 is 12.7. The van der Waals surface area contributed by atoms with E-state index in [4.69, 9.17) is 5.73 Å². The molecule has 0 saturated carbocycles. The van der Waals surface area contributed by atoms with Gasteiger partial charge in [-0.05, 0) is 31.2 Å². The summed E-state index contributed by atoms with van der Waals surface area (Å²) in [7, 11) is 0. The van der Waals surface area contributed by atoms with E-state index in [0.29, 0.717) is 10.8 Å². The van der Waals surface area contributed by atoms with E-state index in [9.17, 15) is 9.18 Å². The molecule has 0 aliphatic rings. The van der Waals surface area contributed by atoms with Crippen LogP contribution < -0.4 is 11.1 Å². The smallest absolute Gasteiger partial charge is 0.237 e. The van der Waals surface area contributed by atoms with E-state index in [0.717, 1.165) is 0 Å². The largest absolute Gasteiger partial charge is 0.368 e. The molecule has 0 saturated heterocycles. The van der Waals surface area contributed by atoms with Crippen molar-refractivity contribution in [3.8, 4) is 0 Å². The quantitative estimate of drug-likeness (QED) is 0.740. The number of rotatable bonds is 4. The Morgan fingerprint density at radius 3 is 2.74 bits per heavy atom. The fourth-order valence-corrected chi connectivity index (χ4v) is 2.03. The van der Waals surface area contributed by atoms with Crippen LogP contribution in [0.15, 0.2) is 29.4 Å². The van der Waals surface area contributed by atoms with E-state index in [-0.39, 0.29) is 17.7 Å². The van der Waals surface area contributed by atoms with Gasteiger partial charge in [0.2, 0.25) is 17.0 Å². The molecule has 0 spiro atoms. The van der Waals surface area contributed by atoms with Crippen LogP contribution in [-0.2, 0) is 4.79 Å². The summed E-state index contributed by atoms with van der Waals surface area (Å²) in [6.45, 7) is 1.72. The monoisotopic (exact) mass is 281 g/mol. The summed E-state index contributed by atoms with van der Waals surface area (Å²) in [6.07, 6.45) is 0. The highest BCUT2D eigenvalue weighted by Gasteiger charge is 2.16. The maximum atomic E-state index is 12.7. The van der Waals surface area contributed by atoms with E-state index in [1.807, 2.05) is 0 Å². The third-order valence-electron chi connectivity index (χ3n) is 2.25. The first kappa shape index (κ1) is 13.3. The van der Waals surface area contributed by atoms with E-state index in [2.05, 4.69) is 20.5 Å². The Morgan fingerprint density at radius 2 is 2.16 bits per heavy atom. The number of benzene rings is 1. The Morgan fingerprint density at radius 1 is 1.47 bits per heavy atom. The minimum Gasteiger partial charge on any atom is -0.368 e. The van der Waals surface area contributed by atoms with Gasteiger partial charge in [0.15, 0.2) is 0 Å². The lowest BCUT2D eigenvalue weighted by molar-refractivity contribution is -0.115. The predicted octanol–water partition coefficient (Wildman–Crippen LogP) is 1.65. The zero-order valence-corrected chi connectivity index (χ0v) is 10.9. The topological polar surface area (TPSA) is 96.7 Å². The third kappa shape index (κ3) is 3.68. The second-order valence-electron chi connectivity index (χ2n) is 3.76. The zero-order valence-electron chi connectivity index (χ0n) is 10.1. The van der Waals surface area contributed by atoms with Gasteiger partial charge < -0.3 is 11.1 Å².